The van der Waals surface area contributed by atoms with Crippen LogP contribution in [0.25, 0.3) is 0 Å². The molecule has 5 unspecified atom stereocenters. The fraction of sp³-hybridized carbons (Fsp3) is 0.750. The molecule has 0 spiro atoms. The summed E-state index contributed by atoms with van der Waals surface area (Å²) >= 11 is 0. The summed E-state index contributed by atoms with van der Waals surface area (Å²) in [6.07, 6.45) is 2.99. The second-order valence-corrected chi connectivity index (χ2v) is 4.73. The third-order valence-electron chi connectivity index (χ3n) is 4.08. The Morgan fingerprint density at radius 2 is 2.24 bits per heavy atom. The van der Waals surface area contributed by atoms with Gasteiger partial charge in [-0.05, 0) is 12.8 Å². The van der Waals surface area contributed by atoms with E-state index in [0.717, 1.165) is 12.8 Å². The zero-order chi connectivity index (χ0) is 12.0. The Morgan fingerprint density at radius 1 is 1.41 bits per heavy atom. The average molecular weight is 240 g/mol. The van der Waals surface area contributed by atoms with Crippen molar-refractivity contribution in [2.24, 2.45) is 17.8 Å². The smallest absolute Gasteiger partial charge is 0.337 e. The van der Waals surface area contributed by atoms with Crippen LogP contribution in [0, 0.1) is 17.8 Å². The van der Waals surface area contributed by atoms with Crippen molar-refractivity contribution < 1.29 is 23.7 Å². The highest BCUT2D eigenvalue weighted by atomic mass is 16.8. The first-order valence-electron chi connectivity index (χ1n) is 5.88. The van der Waals surface area contributed by atoms with E-state index in [4.69, 9.17) is 18.9 Å². The van der Waals surface area contributed by atoms with Gasteiger partial charge in [0.05, 0.1) is 18.9 Å². The van der Waals surface area contributed by atoms with Crippen molar-refractivity contribution in [2.75, 3.05) is 14.2 Å². The Bertz CT molecular complexity index is 364. The summed E-state index contributed by atoms with van der Waals surface area (Å²) in [6, 6.07) is 0. The molecular weight excluding hydrogens is 224 g/mol. The molecule has 3 rings (SSSR count). The van der Waals surface area contributed by atoms with Crippen LogP contribution in [-0.4, -0.2) is 32.8 Å². The Kier molecular flexibility index (Phi) is 2.60. The summed E-state index contributed by atoms with van der Waals surface area (Å²) < 4.78 is 21.3. The fourth-order valence-corrected chi connectivity index (χ4v) is 3.35. The van der Waals surface area contributed by atoms with Gasteiger partial charge in [0.2, 0.25) is 6.29 Å². The molecule has 5 heteroatoms. The summed E-state index contributed by atoms with van der Waals surface area (Å²) in [5, 5.41) is 0. The molecule has 1 aliphatic carbocycles. The van der Waals surface area contributed by atoms with E-state index in [-0.39, 0.29) is 30.4 Å². The summed E-state index contributed by atoms with van der Waals surface area (Å²) in [4.78, 5) is 11.7. The van der Waals surface area contributed by atoms with Gasteiger partial charge >= 0.3 is 5.97 Å². The van der Waals surface area contributed by atoms with Crippen LogP contribution in [-0.2, 0) is 23.7 Å². The molecule has 0 amide bonds. The standard InChI is InChI=1S/C12H16O5/c1-14-10(13)8-5-16-12-9-6(8)3-4-7(9)11(15-2)17-12/h5-7,9,11-12H,3-4H2,1-2H3. The molecule has 0 radical (unpaired) electrons. The zero-order valence-corrected chi connectivity index (χ0v) is 9.92. The van der Waals surface area contributed by atoms with Crippen LogP contribution < -0.4 is 0 Å². The van der Waals surface area contributed by atoms with Gasteiger partial charge in [-0.1, -0.05) is 0 Å². The molecule has 94 valence electrons. The van der Waals surface area contributed by atoms with Crippen LogP contribution in [0.15, 0.2) is 11.8 Å². The molecular formula is C12H16O5. The normalized spacial score (nSPS) is 42.7. The monoisotopic (exact) mass is 240 g/mol. The van der Waals surface area contributed by atoms with Gasteiger partial charge < -0.3 is 18.9 Å². The minimum absolute atomic E-state index is 0.186. The lowest BCUT2D eigenvalue weighted by atomic mass is 9.84. The molecule has 17 heavy (non-hydrogen) atoms. The Morgan fingerprint density at radius 3 is 2.94 bits per heavy atom. The van der Waals surface area contributed by atoms with E-state index in [9.17, 15) is 4.79 Å². The number of hydrogen-bond donors (Lipinski definition) is 0. The average Bonchev–Trinajstić information content (AvgIpc) is 2.94. The predicted octanol–water partition coefficient (Wildman–Crippen LogP) is 1.04. The van der Waals surface area contributed by atoms with Crippen LogP contribution in [0.1, 0.15) is 12.8 Å². The van der Waals surface area contributed by atoms with E-state index in [1.54, 1.807) is 7.11 Å². The van der Waals surface area contributed by atoms with Gasteiger partial charge in [0.25, 0.3) is 0 Å². The molecule has 0 aromatic carbocycles. The molecule has 5 atom stereocenters. The van der Waals surface area contributed by atoms with Crippen molar-refractivity contribution in [1.82, 2.24) is 0 Å². The van der Waals surface area contributed by atoms with E-state index in [2.05, 4.69) is 0 Å². The first-order valence-corrected chi connectivity index (χ1v) is 5.88. The van der Waals surface area contributed by atoms with E-state index >= 15 is 0 Å². The lowest BCUT2D eigenvalue weighted by Crippen LogP contribution is -2.32. The molecule has 1 saturated carbocycles. The van der Waals surface area contributed by atoms with Crippen molar-refractivity contribution in [3.63, 3.8) is 0 Å². The third kappa shape index (κ3) is 1.49. The Hall–Kier alpha value is -1.07. The highest BCUT2D eigenvalue weighted by Crippen LogP contribution is 2.53. The van der Waals surface area contributed by atoms with Crippen molar-refractivity contribution in [3.05, 3.63) is 11.8 Å². The lowest BCUT2D eigenvalue weighted by Gasteiger charge is -2.28. The molecule has 2 aliphatic heterocycles. The van der Waals surface area contributed by atoms with E-state index in [1.165, 1.54) is 13.4 Å². The zero-order valence-electron chi connectivity index (χ0n) is 9.92. The summed E-state index contributed by atoms with van der Waals surface area (Å²) in [5.41, 5.74) is 0.636. The Labute approximate surface area is 99.7 Å². The molecule has 2 fully saturated rings. The summed E-state index contributed by atoms with van der Waals surface area (Å²) in [5.74, 6) is 0.434. The Balaban J connectivity index is 1.87. The number of carbonyl (C=O) groups excluding carboxylic acids is 1. The molecule has 3 aliphatic rings. The third-order valence-corrected chi connectivity index (χ3v) is 4.08. The highest BCUT2D eigenvalue weighted by molar-refractivity contribution is 5.89. The van der Waals surface area contributed by atoms with Crippen molar-refractivity contribution in [3.8, 4) is 0 Å². The number of esters is 1. The number of carbonyl (C=O) groups is 1. The first kappa shape index (κ1) is 11.0. The van der Waals surface area contributed by atoms with Crippen LogP contribution in [0.2, 0.25) is 0 Å². The van der Waals surface area contributed by atoms with Crippen LogP contribution in [0.4, 0.5) is 0 Å². The number of ether oxygens (including phenoxy) is 4. The van der Waals surface area contributed by atoms with Crippen molar-refractivity contribution >= 4 is 5.97 Å². The molecule has 0 bridgehead atoms. The molecule has 0 N–H and O–H groups in total. The molecule has 0 aromatic rings. The maximum atomic E-state index is 11.7. The molecule has 5 nitrogen and oxygen atoms in total. The van der Waals surface area contributed by atoms with Gasteiger partial charge in [0.1, 0.15) is 0 Å². The SMILES string of the molecule is COC(=O)C1=COC2OC(OC)C3CCC1C23. The van der Waals surface area contributed by atoms with Gasteiger partial charge in [-0.3, -0.25) is 0 Å². The highest BCUT2D eigenvalue weighted by Gasteiger charge is 2.56. The second-order valence-electron chi connectivity index (χ2n) is 4.73. The molecule has 1 saturated heterocycles. The van der Waals surface area contributed by atoms with Gasteiger partial charge in [0, 0.05) is 24.9 Å². The van der Waals surface area contributed by atoms with Crippen LogP contribution in [0.3, 0.4) is 0 Å². The van der Waals surface area contributed by atoms with Crippen molar-refractivity contribution in [1.29, 1.82) is 0 Å². The van der Waals surface area contributed by atoms with E-state index in [1.807, 2.05) is 0 Å². The quantitative estimate of drug-likeness (QED) is 0.675. The van der Waals surface area contributed by atoms with Crippen LogP contribution in [0.5, 0.6) is 0 Å². The number of methoxy groups -OCH3 is 2. The van der Waals surface area contributed by atoms with Crippen LogP contribution >= 0.6 is 0 Å². The maximum Gasteiger partial charge on any atom is 0.337 e. The minimum Gasteiger partial charge on any atom is -0.472 e. The van der Waals surface area contributed by atoms with E-state index in [0.29, 0.717) is 11.5 Å². The fourth-order valence-electron chi connectivity index (χ4n) is 3.35. The predicted molar refractivity (Wildman–Crippen MR) is 56.6 cm³/mol. The topological polar surface area (TPSA) is 54.0 Å². The van der Waals surface area contributed by atoms with Gasteiger partial charge in [-0.25, -0.2) is 4.79 Å². The second kappa shape index (κ2) is 3.99. The molecule has 0 aromatic heterocycles. The maximum absolute atomic E-state index is 11.7. The van der Waals surface area contributed by atoms with Gasteiger partial charge in [-0.2, -0.15) is 0 Å². The number of hydrogen-bond acceptors (Lipinski definition) is 5. The van der Waals surface area contributed by atoms with E-state index < -0.39 is 0 Å². The van der Waals surface area contributed by atoms with Gasteiger partial charge in [0.15, 0.2) is 6.29 Å². The largest absolute Gasteiger partial charge is 0.472 e. The summed E-state index contributed by atoms with van der Waals surface area (Å²) in [7, 11) is 3.04. The first-order chi connectivity index (χ1) is 8.26. The van der Waals surface area contributed by atoms with Gasteiger partial charge in [-0.15, -0.1) is 0 Å². The number of rotatable bonds is 2. The molecule has 2 heterocycles. The minimum atomic E-state index is -0.296. The lowest BCUT2D eigenvalue weighted by molar-refractivity contribution is -0.197. The van der Waals surface area contributed by atoms with Crippen molar-refractivity contribution in [2.45, 2.75) is 25.4 Å². The summed E-state index contributed by atoms with van der Waals surface area (Å²) in [6.45, 7) is 0.